The first-order valence-electron chi connectivity index (χ1n) is 5.28. The molecule has 1 atom stereocenters. The van der Waals surface area contributed by atoms with Crippen LogP contribution in [0.25, 0.3) is 0 Å². The summed E-state index contributed by atoms with van der Waals surface area (Å²) in [6.45, 7) is 7.61. The molecule has 0 bridgehead atoms. The summed E-state index contributed by atoms with van der Waals surface area (Å²) in [5, 5.41) is 0. The van der Waals surface area contributed by atoms with Gasteiger partial charge in [-0.3, -0.25) is 4.79 Å². The Labute approximate surface area is 91.3 Å². The number of ether oxygens (including phenoxy) is 1. The van der Waals surface area contributed by atoms with Crippen molar-refractivity contribution in [2.24, 2.45) is 5.92 Å². The standard InChI is InChI=1S/C13H18O2/c1-9(2)13(14)15-11(4)12-8-6-5-7-10(12)3/h5-9,11H,1-4H3/t11-/m0/s1. The number of rotatable bonds is 3. The van der Waals surface area contributed by atoms with E-state index in [1.165, 1.54) is 0 Å². The molecule has 0 aliphatic carbocycles. The molecule has 0 aliphatic heterocycles. The Morgan fingerprint density at radius 3 is 2.33 bits per heavy atom. The molecule has 0 radical (unpaired) electrons. The Morgan fingerprint density at radius 2 is 1.80 bits per heavy atom. The van der Waals surface area contributed by atoms with Gasteiger partial charge in [0.1, 0.15) is 6.10 Å². The molecule has 15 heavy (non-hydrogen) atoms. The van der Waals surface area contributed by atoms with Crippen molar-refractivity contribution in [2.45, 2.75) is 33.8 Å². The van der Waals surface area contributed by atoms with Gasteiger partial charge in [-0.25, -0.2) is 0 Å². The maximum absolute atomic E-state index is 11.4. The fraction of sp³-hybridized carbons (Fsp3) is 0.462. The number of esters is 1. The molecule has 1 rings (SSSR count). The van der Waals surface area contributed by atoms with Gasteiger partial charge < -0.3 is 4.74 Å². The molecule has 0 aromatic heterocycles. The Balaban J connectivity index is 2.73. The molecule has 2 heteroatoms. The molecule has 1 aromatic rings. The molecule has 0 fully saturated rings. The van der Waals surface area contributed by atoms with Gasteiger partial charge in [0, 0.05) is 0 Å². The smallest absolute Gasteiger partial charge is 0.308 e. The van der Waals surface area contributed by atoms with E-state index >= 15 is 0 Å². The summed E-state index contributed by atoms with van der Waals surface area (Å²) < 4.78 is 5.34. The molecule has 0 amide bonds. The van der Waals surface area contributed by atoms with Crippen molar-refractivity contribution >= 4 is 5.97 Å². The molecular weight excluding hydrogens is 188 g/mol. The van der Waals surface area contributed by atoms with Gasteiger partial charge in [0.15, 0.2) is 0 Å². The van der Waals surface area contributed by atoms with Crippen molar-refractivity contribution in [1.29, 1.82) is 0 Å². The second-order valence-corrected chi connectivity index (χ2v) is 4.09. The third-order valence-electron chi connectivity index (χ3n) is 2.39. The van der Waals surface area contributed by atoms with Crippen molar-refractivity contribution in [1.82, 2.24) is 0 Å². The molecule has 0 heterocycles. The highest BCUT2D eigenvalue weighted by Gasteiger charge is 2.15. The van der Waals surface area contributed by atoms with Gasteiger partial charge in [0.25, 0.3) is 0 Å². The first kappa shape index (κ1) is 11.8. The van der Waals surface area contributed by atoms with Crippen LogP contribution in [0.5, 0.6) is 0 Å². The Bertz CT molecular complexity index is 342. The minimum atomic E-state index is -0.166. The van der Waals surface area contributed by atoms with E-state index in [-0.39, 0.29) is 18.0 Å². The fourth-order valence-electron chi connectivity index (χ4n) is 1.42. The zero-order chi connectivity index (χ0) is 11.4. The van der Waals surface area contributed by atoms with Crippen LogP contribution in [0.1, 0.15) is 38.0 Å². The van der Waals surface area contributed by atoms with E-state index < -0.39 is 0 Å². The van der Waals surface area contributed by atoms with Gasteiger partial charge >= 0.3 is 5.97 Å². The predicted molar refractivity (Wildman–Crippen MR) is 60.5 cm³/mol. The Kier molecular flexibility index (Phi) is 3.89. The first-order valence-corrected chi connectivity index (χ1v) is 5.28. The lowest BCUT2D eigenvalue weighted by Crippen LogP contribution is -2.14. The minimum Gasteiger partial charge on any atom is -0.458 e. The highest BCUT2D eigenvalue weighted by molar-refractivity contribution is 5.71. The lowest BCUT2D eigenvalue weighted by atomic mass is 10.0. The normalized spacial score (nSPS) is 12.6. The predicted octanol–water partition coefficient (Wildman–Crippen LogP) is 3.26. The van der Waals surface area contributed by atoms with Crippen molar-refractivity contribution in [2.75, 3.05) is 0 Å². The second kappa shape index (κ2) is 4.96. The molecule has 1 aromatic carbocycles. The van der Waals surface area contributed by atoms with Gasteiger partial charge in [-0.15, -0.1) is 0 Å². The maximum atomic E-state index is 11.4. The van der Waals surface area contributed by atoms with Crippen molar-refractivity contribution < 1.29 is 9.53 Å². The Hall–Kier alpha value is -1.31. The topological polar surface area (TPSA) is 26.3 Å². The Morgan fingerprint density at radius 1 is 1.20 bits per heavy atom. The van der Waals surface area contributed by atoms with Crippen LogP contribution < -0.4 is 0 Å². The summed E-state index contributed by atoms with van der Waals surface area (Å²) in [4.78, 5) is 11.4. The average Bonchev–Trinajstić information content (AvgIpc) is 2.18. The zero-order valence-electron chi connectivity index (χ0n) is 9.78. The molecule has 0 saturated heterocycles. The lowest BCUT2D eigenvalue weighted by Gasteiger charge is -2.16. The van der Waals surface area contributed by atoms with E-state index in [9.17, 15) is 4.79 Å². The van der Waals surface area contributed by atoms with Crippen LogP contribution in [0, 0.1) is 12.8 Å². The van der Waals surface area contributed by atoms with Crippen LogP contribution in [0.3, 0.4) is 0 Å². The van der Waals surface area contributed by atoms with E-state index in [1.807, 2.05) is 52.0 Å². The highest BCUT2D eigenvalue weighted by atomic mass is 16.5. The van der Waals surface area contributed by atoms with Gasteiger partial charge in [-0.1, -0.05) is 38.1 Å². The monoisotopic (exact) mass is 206 g/mol. The quantitative estimate of drug-likeness (QED) is 0.709. The highest BCUT2D eigenvalue weighted by Crippen LogP contribution is 2.21. The third kappa shape index (κ3) is 3.08. The second-order valence-electron chi connectivity index (χ2n) is 4.09. The molecule has 82 valence electrons. The van der Waals surface area contributed by atoms with Gasteiger partial charge in [-0.2, -0.15) is 0 Å². The van der Waals surface area contributed by atoms with Crippen LogP contribution in [-0.2, 0) is 9.53 Å². The molecule has 0 spiro atoms. The van der Waals surface area contributed by atoms with Crippen LogP contribution in [-0.4, -0.2) is 5.97 Å². The third-order valence-corrected chi connectivity index (χ3v) is 2.39. The van der Waals surface area contributed by atoms with Crippen molar-refractivity contribution in [3.63, 3.8) is 0 Å². The summed E-state index contributed by atoms with van der Waals surface area (Å²) in [5.41, 5.74) is 2.23. The van der Waals surface area contributed by atoms with E-state index in [0.29, 0.717) is 0 Å². The summed E-state index contributed by atoms with van der Waals surface area (Å²) >= 11 is 0. The average molecular weight is 206 g/mol. The lowest BCUT2D eigenvalue weighted by molar-refractivity contribution is -0.152. The fourth-order valence-corrected chi connectivity index (χ4v) is 1.42. The first-order chi connectivity index (χ1) is 7.02. The van der Waals surface area contributed by atoms with Crippen molar-refractivity contribution in [3.05, 3.63) is 35.4 Å². The summed E-state index contributed by atoms with van der Waals surface area (Å²) in [6, 6.07) is 7.96. The summed E-state index contributed by atoms with van der Waals surface area (Å²) in [5.74, 6) is -0.220. The van der Waals surface area contributed by atoms with Crippen LogP contribution in [0.4, 0.5) is 0 Å². The molecule has 0 N–H and O–H groups in total. The molecule has 0 saturated carbocycles. The van der Waals surface area contributed by atoms with Gasteiger partial charge in [0.2, 0.25) is 0 Å². The van der Waals surface area contributed by atoms with E-state index in [1.54, 1.807) is 0 Å². The number of carbonyl (C=O) groups excluding carboxylic acids is 1. The van der Waals surface area contributed by atoms with Crippen LogP contribution >= 0.6 is 0 Å². The minimum absolute atomic E-state index is 0.0727. The largest absolute Gasteiger partial charge is 0.458 e. The van der Waals surface area contributed by atoms with E-state index in [4.69, 9.17) is 4.74 Å². The van der Waals surface area contributed by atoms with Gasteiger partial charge in [0.05, 0.1) is 5.92 Å². The molecule has 0 aliphatic rings. The van der Waals surface area contributed by atoms with Crippen LogP contribution in [0.15, 0.2) is 24.3 Å². The molecule has 0 unspecified atom stereocenters. The number of aryl methyl sites for hydroxylation is 1. The number of hydrogen-bond donors (Lipinski definition) is 0. The van der Waals surface area contributed by atoms with Gasteiger partial charge in [-0.05, 0) is 25.0 Å². The molecule has 2 nitrogen and oxygen atoms in total. The van der Waals surface area contributed by atoms with Crippen molar-refractivity contribution in [3.8, 4) is 0 Å². The zero-order valence-corrected chi connectivity index (χ0v) is 9.78. The number of benzene rings is 1. The number of carbonyl (C=O) groups is 1. The SMILES string of the molecule is Cc1ccccc1[C@H](C)OC(=O)C(C)C. The maximum Gasteiger partial charge on any atom is 0.308 e. The molecular formula is C13H18O2. The van der Waals surface area contributed by atoms with E-state index in [0.717, 1.165) is 11.1 Å². The van der Waals surface area contributed by atoms with E-state index in [2.05, 4.69) is 0 Å². The summed E-state index contributed by atoms with van der Waals surface area (Å²) in [6.07, 6.45) is -0.166. The van der Waals surface area contributed by atoms with Crippen LogP contribution in [0.2, 0.25) is 0 Å². The summed E-state index contributed by atoms with van der Waals surface area (Å²) in [7, 11) is 0. The number of hydrogen-bond acceptors (Lipinski definition) is 2.